The first kappa shape index (κ1) is 18.4. The highest BCUT2D eigenvalue weighted by Crippen LogP contribution is 2.29. The molecular weight excluding hydrogens is 346 g/mol. The minimum atomic E-state index is 0.0918. The van der Waals surface area contributed by atoms with Crippen LogP contribution in [0.1, 0.15) is 28.3 Å². The van der Waals surface area contributed by atoms with E-state index < -0.39 is 0 Å². The molecule has 0 unspecified atom stereocenters. The van der Waals surface area contributed by atoms with E-state index >= 15 is 0 Å². The van der Waals surface area contributed by atoms with E-state index in [0.717, 1.165) is 24.2 Å². The van der Waals surface area contributed by atoms with Crippen LogP contribution in [0.5, 0.6) is 0 Å². The monoisotopic (exact) mass is 371 g/mol. The summed E-state index contributed by atoms with van der Waals surface area (Å²) in [4.78, 5) is 21.4. The SMILES string of the molecule is Cc1cncc(CN2CCN(C(c3ccccc3)c3ccccc3)CC2=O)c1. The van der Waals surface area contributed by atoms with Crippen LogP contribution in [0.25, 0.3) is 0 Å². The summed E-state index contributed by atoms with van der Waals surface area (Å²) < 4.78 is 0. The van der Waals surface area contributed by atoms with E-state index in [4.69, 9.17) is 0 Å². The molecule has 1 aromatic heterocycles. The van der Waals surface area contributed by atoms with Crippen LogP contribution in [0.3, 0.4) is 0 Å². The molecule has 2 heterocycles. The fourth-order valence-electron chi connectivity index (χ4n) is 3.92. The molecule has 1 amide bonds. The molecule has 3 aromatic rings. The third-order valence-electron chi connectivity index (χ3n) is 5.25. The largest absolute Gasteiger partial charge is 0.336 e. The third kappa shape index (κ3) is 4.12. The van der Waals surface area contributed by atoms with E-state index in [1.54, 1.807) is 0 Å². The minimum Gasteiger partial charge on any atom is -0.336 e. The molecule has 4 heteroatoms. The molecule has 0 bridgehead atoms. The number of aromatic nitrogens is 1. The second-order valence-corrected chi connectivity index (χ2v) is 7.38. The topological polar surface area (TPSA) is 36.4 Å². The average molecular weight is 371 g/mol. The number of nitrogens with zero attached hydrogens (tertiary/aromatic N) is 3. The molecule has 1 fully saturated rings. The number of benzene rings is 2. The molecule has 1 saturated heterocycles. The molecule has 0 radical (unpaired) electrons. The Morgan fingerprint density at radius 1 is 0.929 bits per heavy atom. The Bertz CT molecular complexity index is 887. The van der Waals surface area contributed by atoms with Gasteiger partial charge in [-0.05, 0) is 29.2 Å². The van der Waals surface area contributed by atoms with Crippen LogP contribution in [0, 0.1) is 6.92 Å². The summed E-state index contributed by atoms with van der Waals surface area (Å²) in [5.41, 5.74) is 4.65. The molecule has 0 aliphatic carbocycles. The van der Waals surface area contributed by atoms with Gasteiger partial charge in [-0.1, -0.05) is 66.7 Å². The van der Waals surface area contributed by atoms with Gasteiger partial charge in [0.2, 0.25) is 5.91 Å². The Morgan fingerprint density at radius 2 is 1.57 bits per heavy atom. The standard InChI is InChI=1S/C24H25N3O/c1-19-14-20(16-25-15-19)17-26-12-13-27(18-23(26)28)24(21-8-4-2-5-9-21)22-10-6-3-7-11-22/h2-11,14-16,24H,12-13,17-18H2,1H3. The Hall–Kier alpha value is -2.98. The zero-order chi connectivity index (χ0) is 19.3. The first-order chi connectivity index (χ1) is 13.7. The molecule has 28 heavy (non-hydrogen) atoms. The van der Waals surface area contributed by atoms with E-state index in [1.165, 1.54) is 11.1 Å². The predicted molar refractivity (Wildman–Crippen MR) is 111 cm³/mol. The van der Waals surface area contributed by atoms with Gasteiger partial charge >= 0.3 is 0 Å². The number of pyridine rings is 1. The molecule has 2 aromatic carbocycles. The van der Waals surface area contributed by atoms with Gasteiger partial charge in [0.25, 0.3) is 0 Å². The number of carbonyl (C=O) groups is 1. The number of aryl methyl sites for hydroxylation is 1. The van der Waals surface area contributed by atoms with Crippen molar-refractivity contribution in [2.24, 2.45) is 0 Å². The van der Waals surface area contributed by atoms with Crippen LogP contribution < -0.4 is 0 Å². The summed E-state index contributed by atoms with van der Waals surface area (Å²) in [5.74, 6) is 0.171. The second kappa shape index (κ2) is 8.36. The maximum atomic E-state index is 12.9. The molecule has 1 aliphatic rings. The number of hydrogen-bond donors (Lipinski definition) is 0. The van der Waals surface area contributed by atoms with Crippen molar-refractivity contribution in [2.75, 3.05) is 19.6 Å². The van der Waals surface area contributed by atoms with Gasteiger partial charge < -0.3 is 4.90 Å². The van der Waals surface area contributed by atoms with Crippen molar-refractivity contribution in [1.29, 1.82) is 0 Å². The Labute approximate surface area is 166 Å². The number of piperazine rings is 1. The van der Waals surface area contributed by atoms with E-state index in [0.29, 0.717) is 13.1 Å². The van der Waals surface area contributed by atoms with Crippen LogP contribution in [0.2, 0.25) is 0 Å². The van der Waals surface area contributed by atoms with E-state index in [1.807, 2.05) is 36.4 Å². The molecule has 4 rings (SSSR count). The van der Waals surface area contributed by atoms with E-state index in [9.17, 15) is 4.79 Å². The molecular formula is C24H25N3O. The first-order valence-electron chi connectivity index (χ1n) is 9.73. The quantitative estimate of drug-likeness (QED) is 0.684. The van der Waals surface area contributed by atoms with Gasteiger partial charge in [0.05, 0.1) is 12.6 Å². The molecule has 0 N–H and O–H groups in total. The first-order valence-corrected chi connectivity index (χ1v) is 9.73. The molecule has 1 aliphatic heterocycles. The minimum absolute atomic E-state index is 0.0918. The van der Waals surface area contributed by atoms with Crippen LogP contribution in [0.15, 0.2) is 79.1 Å². The number of hydrogen-bond acceptors (Lipinski definition) is 3. The van der Waals surface area contributed by atoms with Crippen molar-refractivity contribution >= 4 is 5.91 Å². The van der Waals surface area contributed by atoms with Gasteiger partial charge in [0.1, 0.15) is 0 Å². The van der Waals surface area contributed by atoms with Crippen molar-refractivity contribution in [1.82, 2.24) is 14.8 Å². The molecule has 0 atom stereocenters. The van der Waals surface area contributed by atoms with E-state index in [-0.39, 0.29) is 11.9 Å². The Balaban J connectivity index is 1.53. The number of rotatable bonds is 5. The Morgan fingerprint density at radius 3 is 2.14 bits per heavy atom. The average Bonchev–Trinajstić information content (AvgIpc) is 2.72. The van der Waals surface area contributed by atoms with Crippen molar-refractivity contribution in [3.05, 3.63) is 101 Å². The zero-order valence-electron chi connectivity index (χ0n) is 16.2. The summed E-state index contributed by atoms with van der Waals surface area (Å²) in [5, 5.41) is 0. The van der Waals surface area contributed by atoms with Gasteiger partial charge in [0, 0.05) is 32.0 Å². The highest BCUT2D eigenvalue weighted by atomic mass is 16.2. The fourth-order valence-corrected chi connectivity index (χ4v) is 3.92. The predicted octanol–water partition coefficient (Wildman–Crippen LogP) is 3.82. The summed E-state index contributed by atoms with van der Waals surface area (Å²) in [7, 11) is 0. The van der Waals surface area contributed by atoms with Gasteiger partial charge in [-0.15, -0.1) is 0 Å². The number of amides is 1. The lowest BCUT2D eigenvalue weighted by molar-refractivity contribution is -0.137. The van der Waals surface area contributed by atoms with Gasteiger partial charge in [-0.25, -0.2) is 0 Å². The van der Waals surface area contributed by atoms with Crippen LogP contribution >= 0.6 is 0 Å². The van der Waals surface area contributed by atoms with Crippen molar-refractivity contribution in [2.45, 2.75) is 19.5 Å². The lowest BCUT2D eigenvalue weighted by atomic mass is 9.96. The van der Waals surface area contributed by atoms with Crippen LogP contribution in [0.4, 0.5) is 0 Å². The third-order valence-corrected chi connectivity index (χ3v) is 5.25. The highest BCUT2D eigenvalue weighted by molar-refractivity contribution is 5.79. The second-order valence-electron chi connectivity index (χ2n) is 7.38. The van der Waals surface area contributed by atoms with Gasteiger partial charge in [0.15, 0.2) is 0 Å². The van der Waals surface area contributed by atoms with E-state index in [2.05, 4.69) is 64.5 Å². The highest BCUT2D eigenvalue weighted by Gasteiger charge is 2.30. The normalized spacial score (nSPS) is 15.2. The van der Waals surface area contributed by atoms with Gasteiger partial charge in [-0.2, -0.15) is 0 Å². The molecule has 0 spiro atoms. The molecule has 4 nitrogen and oxygen atoms in total. The maximum Gasteiger partial charge on any atom is 0.237 e. The molecule has 142 valence electrons. The summed E-state index contributed by atoms with van der Waals surface area (Å²) >= 11 is 0. The van der Waals surface area contributed by atoms with Crippen molar-refractivity contribution in [3.8, 4) is 0 Å². The van der Waals surface area contributed by atoms with Crippen LogP contribution in [-0.4, -0.2) is 40.3 Å². The summed E-state index contributed by atoms with van der Waals surface area (Å²) in [6.07, 6.45) is 3.69. The summed E-state index contributed by atoms with van der Waals surface area (Å²) in [6, 6.07) is 23.1. The van der Waals surface area contributed by atoms with Crippen LogP contribution in [-0.2, 0) is 11.3 Å². The van der Waals surface area contributed by atoms with Crippen molar-refractivity contribution in [3.63, 3.8) is 0 Å². The molecule has 0 saturated carbocycles. The fraction of sp³-hybridized carbons (Fsp3) is 0.250. The lowest BCUT2D eigenvalue weighted by Gasteiger charge is -2.39. The maximum absolute atomic E-state index is 12.9. The Kier molecular flexibility index (Phi) is 5.49. The smallest absolute Gasteiger partial charge is 0.237 e. The lowest BCUT2D eigenvalue weighted by Crippen LogP contribution is -2.51. The van der Waals surface area contributed by atoms with Crippen molar-refractivity contribution < 1.29 is 4.79 Å². The summed E-state index contributed by atoms with van der Waals surface area (Å²) in [6.45, 7) is 4.65. The number of carbonyl (C=O) groups excluding carboxylic acids is 1. The zero-order valence-corrected chi connectivity index (χ0v) is 16.2. The van der Waals surface area contributed by atoms with Gasteiger partial charge in [-0.3, -0.25) is 14.7 Å².